The number of carbonyl (C=O) groups is 1. The Morgan fingerprint density at radius 2 is 2.00 bits per heavy atom. The molecule has 0 radical (unpaired) electrons. The van der Waals surface area contributed by atoms with Crippen molar-refractivity contribution in [2.24, 2.45) is 0 Å². The first kappa shape index (κ1) is 15.0. The number of halogens is 1. The van der Waals surface area contributed by atoms with E-state index in [0.29, 0.717) is 19.7 Å². The Labute approximate surface area is 113 Å². The molecule has 2 N–H and O–H groups in total. The van der Waals surface area contributed by atoms with Crippen LogP contribution in [0.5, 0.6) is 0 Å². The molecule has 0 atom stereocenters. The van der Waals surface area contributed by atoms with E-state index in [1.807, 2.05) is 24.3 Å². The van der Waals surface area contributed by atoms with Crippen LogP contribution < -0.4 is 10.6 Å². The molecular weight excluding hydrogens is 252 g/mol. The van der Waals surface area contributed by atoms with Crippen LogP contribution >= 0.6 is 11.6 Å². The number of hydrogen-bond donors (Lipinski definition) is 2. The number of methoxy groups -OCH3 is 1. The van der Waals surface area contributed by atoms with Crippen molar-refractivity contribution < 1.29 is 9.53 Å². The van der Waals surface area contributed by atoms with Crippen molar-refractivity contribution in [1.29, 1.82) is 0 Å². The molecule has 0 aliphatic rings. The summed E-state index contributed by atoms with van der Waals surface area (Å²) in [6.45, 7) is 2.18. The summed E-state index contributed by atoms with van der Waals surface area (Å²) in [6, 6.07) is 7.72. The van der Waals surface area contributed by atoms with Gasteiger partial charge in [-0.15, -0.1) is 0 Å². The molecule has 0 aliphatic heterocycles. The van der Waals surface area contributed by atoms with E-state index < -0.39 is 0 Å². The first-order valence-electron chi connectivity index (χ1n) is 5.93. The predicted octanol–water partition coefficient (Wildman–Crippen LogP) is 1.23. The standard InChI is InChI=1S/C13H19ClN2O2/c1-18-9-8-16-13(17)10-15-7-6-11-2-4-12(14)5-3-11/h2-5,15H,6-10H2,1H3,(H,16,17). The van der Waals surface area contributed by atoms with Gasteiger partial charge in [0, 0.05) is 18.7 Å². The van der Waals surface area contributed by atoms with E-state index in [1.54, 1.807) is 7.11 Å². The lowest BCUT2D eigenvalue weighted by atomic mass is 10.1. The van der Waals surface area contributed by atoms with E-state index >= 15 is 0 Å². The maximum absolute atomic E-state index is 11.3. The largest absolute Gasteiger partial charge is 0.383 e. The quantitative estimate of drug-likeness (QED) is 0.699. The molecule has 0 fully saturated rings. The van der Waals surface area contributed by atoms with Crippen molar-refractivity contribution in [2.75, 3.05) is 33.4 Å². The average molecular weight is 271 g/mol. The van der Waals surface area contributed by atoms with Crippen molar-refractivity contribution in [1.82, 2.24) is 10.6 Å². The average Bonchev–Trinajstić information content (AvgIpc) is 2.37. The molecule has 0 saturated carbocycles. The van der Waals surface area contributed by atoms with Crippen LogP contribution in [0, 0.1) is 0 Å². The van der Waals surface area contributed by atoms with Gasteiger partial charge in [0.2, 0.25) is 5.91 Å². The minimum absolute atomic E-state index is 0.0110. The van der Waals surface area contributed by atoms with Gasteiger partial charge in [0.15, 0.2) is 0 Å². The molecule has 1 rings (SSSR count). The van der Waals surface area contributed by atoms with Gasteiger partial charge in [-0.1, -0.05) is 23.7 Å². The molecule has 1 amide bonds. The van der Waals surface area contributed by atoms with E-state index in [1.165, 1.54) is 5.56 Å². The van der Waals surface area contributed by atoms with Crippen LogP contribution in [0.3, 0.4) is 0 Å². The first-order valence-corrected chi connectivity index (χ1v) is 6.31. The topological polar surface area (TPSA) is 50.4 Å². The van der Waals surface area contributed by atoms with E-state index in [0.717, 1.165) is 18.0 Å². The number of nitrogens with one attached hydrogen (secondary N) is 2. The van der Waals surface area contributed by atoms with Gasteiger partial charge in [-0.25, -0.2) is 0 Å². The highest BCUT2D eigenvalue weighted by Gasteiger charge is 1.99. The van der Waals surface area contributed by atoms with Crippen molar-refractivity contribution in [3.8, 4) is 0 Å². The number of hydrogen-bond acceptors (Lipinski definition) is 3. The fourth-order valence-electron chi connectivity index (χ4n) is 1.44. The maximum Gasteiger partial charge on any atom is 0.234 e. The lowest BCUT2D eigenvalue weighted by Crippen LogP contribution is -2.36. The number of benzene rings is 1. The molecule has 0 aliphatic carbocycles. The van der Waals surface area contributed by atoms with Gasteiger partial charge in [-0.2, -0.15) is 0 Å². The van der Waals surface area contributed by atoms with Crippen LogP contribution in [0.4, 0.5) is 0 Å². The molecule has 18 heavy (non-hydrogen) atoms. The predicted molar refractivity (Wildman–Crippen MR) is 72.9 cm³/mol. The van der Waals surface area contributed by atoms with Crippen LogP contribution in [0.15, 0.2) is 24.3 Å². The number of amides is 1. The normalized spacial score (nSPS) is 10.3. The van der Waals surface area contributed by atoms with Gasteiger partial charge in [0.05, 0.1) is 13.2 Å². The molecule has 0 unspecified atom stereocenters. The van der Waals surface area contributed by atoms with E-state index in [-0.39, 0.29) is 5.91 Å². The SMILES string of the molecule is COCCNC(=O)CNCCc1ccc(Cl)cc1. The van der Waals surface area contributed by atoms with Gasteiger partial charge in [-0.3, -0.25) is 4.79 Å². The first-order chi connectivity index (χ1) is 8.72. The van der Waals surface area contributed by atoms with Gasteiger partial charge >= 0.3 is 0 Å². The van der Waals surface area contributed by atoms with Crippen LogP contribution in [0.2, 0.25) is 5.02 Å². The van der Waals surface area contributed by atoms with Crippen LogP contribution in [-0.2, 0) is 16.0 Å². The minimum atomic E-state index is -0.0110. The van der Waals surface area contributed by atoms with Crippen molar-refractivity contribution >= 4 is 17.5 Å². The third-order valence-corrected chi connectivity index (χ3v) is 2.67. The highest BCUT2D eigenvalue weighted by Crippen LogP contribution is 2.09. The lowest BCUT2D eigenvalue weighted by Gasteiger charge is -2.06. The van der Waals surface area contributed by atoms with Crippen molar-refractivity contribution in [3.63, 3.8) is 0 Å². The van der Waals surface area contributed by atoms with Gasteiger partial charge in [-0.05, 0) is 30.7 Å². The lowest BCUT2D eigenvalue weighted by molar-refractivity contribution is -0.120. The number of ether oxygens (including phenoxy) is 1. The second kappa shape index (κ2) is 8.91. The van der Waals surface area contributed by atoms with Gasteiger partial charge in [0.1, 0.15) is 0 Å². The number of carbonyl (C=O) groups excluding carboxylic acids is 1. The molecule has 0 spiro atoms. The van der Waals surface area contributed by atoms with Crippen LogP contribution in [0.25, 0.3) is 0 Å². The molecular formula is C13H19ClN2O2. The van der Waals surface area contributed by atoms with Crippen LogP contribution in [0.1, 0.15) is 5.56 Å². The van der Waals surface area contributed by atoms with Crippen molar-refractivity contribution in [2.45, 2.75) is 6.42 Å². The summed E-state index contributed by atoms with van der Waals surface area (Å²) in [5.41, 5.74) is 1.20. The summed E-state index contributed by atoms with van der Waals surface area (Å²) < 4.78 is 4.84. The highest BCUT2D eigenvalue weighted by molar-refractivity contribution is 6.30. The fourth-order valence-corrected chi connectivity index (χ4v) is 1.57. The zero-order valence-electron chi connectivity index (χ0n) is 10.5. The minimum Gasteiger partial charge on any atom is -0.383 e. The molecule has 100 valence electrons. The van der Waals surface area contributed by atoms with E-state index in [4.69, 9.17) is 16.3 Å². The van der Waals surface area contributed by atoms with Gasteiger partial charge < -0.3 is 15.4 Å². The Kier molecular flexibility index (Phi) is 7.41. The Hall–Kier alpha value is -1.10. The monoisotopic (exact) mass is 270 g/mol. The zero-order valence-corrected chi connectivity index (χ0v) is 11.3. The summed E-state index contributed by atoms with van der Waals surface area (Å²) in [5, 5.41) is 6.58. The summed E-state index contributed by atoms with van der Waals surface area (Å²) in [5.74, 6) is -0.0110. The second-order valence-electron chi connectivity index (χ2n) is 3.90. The fraction of sp³-hybridized carbons (Fsp3) is 0.462. The third kappa shape index (κ3) is 6.59. The number of rotatable bonds is 8. The Morgan fingerprint density at radius 3 is 2.67 bits per heavy atom. The molecule has 4 nitrogen and oxygen atoms in total. The molecule has 0 bridgehead atoms. The zero-order chi connectivity index (χ0) is 13.2. The summed E-state index contributed by atoms with van der Waals surface area (Å²) in [4.78, 5) is 11.3. The molecule has 1 aromatic carbocycles. The third-order valence-electron chi connectivity index (χ3n) is 2.42. The molecule has 0 heterocycles. The smallest absolute Gasteiger partial charge is 0.234 e. The van der Waals surface area contributed by atoms with Crippen LogP contribution in [-0.4, -0.2) is 39.3 Å². The van der Waals surface area contributed by atoms with E-state index in [9.17, 15) is 4.79 Å². The molecule has 1 aromatic rings. The second-order valence-corrected chi connectivity index (χ2v) is 4.33. The Morgan fingerprint density at radius 1 is 1.28 bits per heavy atom. The molecule has 0 saturated heterocycles. The van der Waals surface area contributed by atoms with Gasteiger partial charge in [0.25, 0.3) is 0 Å². The van der Waals surface area contributed by atoms with E-state index in [2.05, 4.69) is 10.6 Å². The molecule has 0 aromatic heterocycles. The maximum atomic E-state index is 11.3. The Bertz CT molecular complexity index is 355. The molecule has 5 heteroatoms. The highest BCUT2D eigenvalue weighted by atomic mass is 35.5. The van der Waals surface area contributed by atoms with Crippen molar-refractivity contribution in [3.05, 3.63) is 34.9 Å². The summed E-state index contributed by atoms with van der Waals surface area (Å²) in [7, 11) is 1.61. The Balaban J connectivity index is 2.07. The summed E-state index contributed by atoms with van der Waals surface area (Å²) in [6.07, 6.45) is 0.878. The summed E-state index contributed by atoms with van der Waals surface area (Å²) >= 11 is 5.80.